The van der Waals surface area contributed by atoms with Gasteiger partial charge in [0.25, 0.3) is 0 Å². The maximum absolute atomic E-state index is 13.4. The van der Waals surface area contributed by atoms with Crippen molar-refractivity contribution in [2.45, 2.75) is 44.2 Å². The summed E-state index contributed by atoms with van der Waals surface area (Å²) in [4.78, 5) is 39.3. The highest BCUT2D eigenvalue weighted by molar-refractivity contribution is 7.51. The lowest BCUT2D eigenvalue weighted by atomic mass is 10.1. The normalized spacial score (nSPS) is 24.7. The van der Waals surface area contributed by atoms with Gasteiger partial charge in [-0.05, 0) is 18.4 Å². The number of carbonyl (C=O) groups is 2. The number of ether oxygens (including phenoxy) is 3. The van der Waals surface area contributed by atoms with E-state index in [-0.39, 0.29) is 18.2 Å². The van der Waals surface area contributed by atoms with E-state index >= 15 is 0 Å². The molecule has 1 fully saturated rings. The summed E-state index contributed by atoms with van der Waals surface area (Å²) in [5.41, 5.74) is 2.30. The van der Waals surface area contributed by atoms with E-state index in [0.29, 0.717) is 0 Å². The predicted octanol–water partition coefficient (Wildman–Crippen LogP) is -1.28. The molecule has 2 heterocycles. The van der Waals surface area contributed by atoms with Crippen LogP contribution < -0.4 is 16.5 Å². The number of esters is 2. The number of aliphatic hydroxyl groups excluding tert-OH is 1. The van der Waals surface area contributed by atoms with Gasteiger partial charge in [-0.2, -0.15) is 4.98 Å². The standard InChI is InChI=1S/C19H31N4O11P/c1-11(2)7-12(17(26)31-4)22-35(29,34-9-15(24)30-3)33-8-13-16(25)19(28,10-32-13)23-6-5-14(20)21-18(23)27/h5-6,11-13,16,25,28H,7-10H2,1-4H3,(H,22,29)(H2,20,21,27). The molecule has 0 spiro atoms. The number of nitrogens with two attached hydrogens (primary N) is 1. The Hall–Kier alpha value is -2.39. The van der Waals surface area contributed by atoms with Gasteiger partial charge in [0, 0.05) is 6.20 Å². The van der Waals surface area contributed by atoms with Crippen LogP contribution >= 0.6 is 7.75 Å². The molecule has 0 amide bonds. The van der Waals surface area contributed by atoms with Gasteiger partial charge in [0.15, 0.2) is 12.3 Å². The summed E-state index contributed by atoms with van der Waals surface area (Å²) in [5.74, 6) is -1.72. The Bertz CT molecular complexity index is 1000. The number of aliphatic hydroxyl groups is 2. The highest BCUT2D eigenvalue weighted by atomic mass is 31.2. The lowest BCUT2D eigenvalue weighted by molar-refractivity contribution is -0.143. The smallest absolute Gasteiger partial charge is 0.406 e. The van der Waals surface area contributed by atoms with Crippen LogP contribution in [0.2, 0.25) is 0 Å². The first kappa shape index (κ1) is 28.8. The van der Waals surface area contributed by atoms with Crippen LogP contribution in [-0.4, -0.2) is 84.0 Å². The number of nitrogens with one attached hydrogen (secondary N) is 1. The van der Waals surface area contributed by atoms with Crippen molar-refractivity contribution in [3.63, 3.8) is 0 Å². The molecule has 1 aliphatic rings. The van der Waals surface area contributed by atoms with Gasteiger partial charge in [-0.25, -0.2) is 19.2 Å². The molecule has 1 saturated heterocycles. The van der Waals surface area contributed by atoms with Gasteiger partial charge < -0.3 is 30.2 Å². The molecule has 5 atom stereocenters. The van der Waals surface area contributed by atoms with Crippen molar-refractivity contribution >= 4 is 25.5 Å². The molecule has 1 aliphatic heterocycles. The molecule has 0 aromatic carbocycles. The van der Waals surface area contributed by atoms with Crippen molar-refractivity contribution in [2.75, 3.05) is 39.8 Å². The van der Waals surface area contributed by atoms with Crippen molar-refractivity contribution in [1.82, 2.24) is 14.6 Å². The highest BCUT2D eigenvalue weighted by Gasteiger charge is 2.51. The number of methoxy groups -OCH3 is 2. The molecule has 0 radical (unpaired) electrons. The fourth-order valence-corrected chi connectivity index (χ4v) is 4.69. The second-order valence-corrected chi connectivity index (χ2v) is 9.92. The molecule has 35 heavy (non-hydrogen) atoms. The van der Waals surface area contributed by atoms with Gasteiger partial charge in [0.2, 0.25) is 0 Å². The summed E-state index contributed by atoms with van der Waals surface area (Å²) < 4.78 is 39.2. The van der Waals surface area contributed by atoms with Crippen LogP contribution in [0.1, 0.15) is 20.3 Å². The predicted molar refractivity (Wildman–Crippen MR) is 119 cm³/mol. The van der Waals surface area contributed by atoms with Gasteiger partial charge in [-0.1, -0.05) is 13.8 Å². The minimum Gasteiger partial charge on any atom is -0.468 e. The Kier molecular flexibility index (Phi) is 9.92. The van der Waals surface area contributed by atoms with Crippen LogP contribution in [-0.2, 0) is 43.1 Å². The second kappa shape index (κ2) is 12.0. The molecule has 5 N–H and O–H groups in total. The van der Waals surface area contributed by atoms with E-state index in [1.807, 2.05) is 13.8 Å². The van der Waals surface area contributed by atoms with E-state index < -0.39 is 69.2 Å². The molecule has 1 aromatic heterocycles. The summed E-state index contributed by atoms with van der Waals surface area (Å²) in [6, 6.07) is 0.130. The number of nitrogen functional groups attached to an aromatic ring is 1. The van der Waals surface area contributed by atoms with E-state index in [1.54, 1.807) is 0 Å². The Morgan fingerprint density at radius 1 is 1.37 bits per heavy atom. The summed E-state index contributed by atoms with van der Waals surface area (Å²) >= 11 is 0. The van der Waals surface area contributed by atoms with E-state index in [0.717, 1.165) is 25.0 Å². The summed E-state index contributed by atoms with van der Waals surface area (Å²) in [7, 11) is -2.15. The quantitative estimate of drug-likeness (QED) is 0.186. The Labute approximate surface area is 201 Å². The van der Waals surface area contributed by atoms with Crippen molar-refractivity contribution in [2.24, 2.45) is 5.92 Å². The van der Waals surface area contributed by atoms with Crippen LogP contribution in [0.4, 0.5) is 5.82 Å². The minimum atomic E-state index is -4.40. The molecule has 16 heteroatoms. The first-order chi connectivity index (χ1) is 16.3. The molecule has 0 aliphatic carbocycles. The monoisotopic (exact) mass is 522 g/mol. The topological polar surface area (TPSA) is 211 Å². The van der Waals surface area contributed by atoms with Crippen LogP contribution in [0.3, 0.4) is 0 Å². The maximum Gasteiger partial charge on any atom is 0.406 e. The van der Waals surface area contributed by atoms with E-state index in [2.05, 4.69) is 14.8 Å². The molecule has 15 nitrogen and oxygen atoms in total. The van der Waals surface area contributed by atoms with Crippen LogP contribution in [0.5, 0.6) is 0 Å². The summed E-state index contributed by atoms with van der Waals surface area (Å²) in [6.45, 7) is 1.70. The van der Waals surface area contributed by atoms with E-state index in [9.17, 15) is 29.2 Å². The fourth-order valence-electron chi connectivity index (χ4n) is 3.25. The molecule has 0 saturated carbocycles. The van der Waals surface area contributed by atoms with Crippen LogP contribution in [0, 0.1) is 5.92 Å². The maximum atomic E-state index is 13.4. The average molecular weight is 522 g/mol. The van der Waals surface area contributed by atoms with Gasteiger partial charge in [-0.3, -0.25) is 18.4 Å². The fraction of sp³-hybridized carbons (Fsp3) is 0.684. The van der Waals surface area contributed by atoms with E-state index in [4.69, 9.17) is 24.3 Å². The van der Waals surface area contributed by atoms with Gasteiger partial charge in [0.1, 0.15) is 24.1 Å². The second-order valence-electron chi connectivity index (χ2n) is 8.16. The largest absolute Gasteiger partial charge is 0.468 e. The third-order valence-corrected chi connectivity index (χ3v) is 6.66. The first-order valence-corrected chi connectivity index (χ1v) is 12.1. The number of hydrogen-bond donors (Lipinski definition) is 4. The molecule has 1 aromatic rings. The van der Waals surface area contributed by atoms with Crippen molar-refractivity contribution < 1.29 is 47.6 Å². The van der Waals surface area contributed by atoms with Crippen molar-refractivity contribution in [3.05, 3.63) is 22.7 Å². The molecule has 198 valence electrons. The molecular formula is C19H31N4O11P. The first-order valence-electron chi connectivity index (χ1n) is 10.5. The lowest BCUT2D eigenvalue weighted by Gasteiger charge is -2.29. The molecule has 0 bridgehead atoms. The molecule has 5 unspecified atom stereocenters. The SMILES string of the molecule is COC(=O)COP(=O)(NC(CC(C)C)C(=O)OC)OCC1OCC(O)(n2ccc(N)nc2=O)C1O. The van der Waals surface area contributed by atoms with Gasteiger partial charge >= 0.3 is 25.4 Å². The number of hydrogen-bond acceptors (Lipinski definition) is 13. The number of anilines is 1. The van der Waals surface area contributed by atoms with Gasteiger partial charge in [-0.15, -0.1) is 0 Å². The van der Waals surface area contributed by atoms with Gasteiger partial charge in [0.05, 0.1) is 27.4 Å². The summed E-state index contributed by atoms with van der Waals surface area (Å²) in [6.07, 6.45) is -1.69. The minimum absolute atomic E-state index is 0.0255. The third-order valence-electron chi connectivity index (χ3n) is 5.07. The van der Waals surface area contributed by atoms with Crippen molar-refractivity contribution in [3.8, 4) is 0 Å². The Morgan fingerprint density at radius 3 is 2.63 bits per heavy atom. The zero-order chi connectivity index (χ0) is 26.4. The third kappa shape index (κ3) is 7.30. The highest BCUT2D eigenvalue weighted by Crippen LogP contribution is 2.46. The average Bonchev–Trinajstić information content (AvgIpc) is 3.09. The van der Waals surface area contributed by atoms with Crippen LogP contribution in [0.25, 0.3) is 0 Å². The number of aromatic nitrogens is 2. The molecular weight excluding hydrogens is 491 g/mol. The number of rotatable bonds is 12. The lowest BCUT2D eigenvalue weighted by Crippen LogP contribution is -2.51. The zero-order valence-corrected chi connectivity index (χ0v) is 20.7. The van der Waals surface area contributed by atoms with Crippen molar-refractivity contribution in [1.29, 1.82) is 0 Å². The van der Waals surface area contributed by atoms with E-state index in [1.165, 1.54) is 6.07 Å². The number of nitrogens with zero attached hydrogens (tertiary/aromatic N) is 2. The van der Waals surface area contributed by atoms with Crippen LogP contribution in [0.15, 0.2) is 17.1 Å². The Morgan fingerprint density at radius 2 is 2.06 bits per heavy atom. The molecule has 2 rings (SSSR count). The number of carbonyl (C=O) groups excluding carboxylic acids is 2. The zero-order valence-electron chi connectivity index (χ0n) is 19.8. The Balaban J connectivity index is 2.20. The summed E-state index contributed by atoms with van der Waals surface area (Å²) in [5, 5.41) is 24.0.